The van der Waals surface area contributed by atoms with Gasteiger partial charge in [0.15, 0.2) is 6.29 Å². The highest BCUT2D eigenvalue weighted by Crippen LogP contribution is 2.32. The lowest BCUT2D eigenvalue weighted by molar-refractivity contribution is 0.111. The smallest absolute Gasteiger partial charge is 0.270 e. The molecule has 0 spiro atoms. The number of alkyl halides is 2. The van der Waals surface area contributed by atoms with E-state index in [9.17, 15) is 13.6 Å². The van der Waals surface area contributed by atoms with Crippen LogP contribution in [0.2, 0.25) is 0 Å². The van der Waals surface area contributed by atoms with Gasteiger partial charge in [0.1, 0.15) is 22.8 Å². The van der Waals surface area contributed by atoms with Gasteiger partial charge >= 0.3 is 0 Å². The number of rotatable bonds is 3. The van der Waals surface area contributed by atoms with Gasteiger partial charge in [-0.2, -0.15) is 0 Å². The minimum Gasteiger partial charge on any atom is -0.496 e. The first-order valence-corrected chi connectivity index (χ1v) is 3.68. The summed E-state index contributed by atoms with van der Waals surface area (Å²) >= 11 is 0. The maximum absolute atomic E-state index is 12.4. The van der Waals surface area contributed by atoms with E-state index in [2.05, 4.69) is 9.72 Å². The number of carbonyl (C=O) groups excluding carboxylic acids is 1. The van der Waals surface area contributed by atoms with Gasteiger partial charge in [0.05, 0.1) is 7.11 Å². The van der Waals surface area contributed by atoms with E-state index < -0.39 is 12.0 Å². The Morgan fingerprint density at radius 1 is 1.64 bits per heavy atom. The molecule has 0 saturated heterocycles. The summed E-state index contributed by atoms with van der Waals surface area (Å²) in [5, 5.41) is 0. The number of nitrogens with two attached hydrogens (primary N) is 1. The molecular weight excluding hydrogens is 194 g/mol. The van der Waals surface area contributed by atoms with Crippen LogP contribution in [-0.2, 0) is 0 Å². The number of nitrogen functional groups attached to an aromatic ring is 1. The standard InChI is InChI=1S/C8H8F2N2O2/c1-14-5-2-4(3-13)12-8(11)6(5)7(9)10/h2-3,7H,1H3,(H2,11,12). The van der Waals surface area contributed by atoms with Crippen LogP contribution in [0.5, 0.6) is 5.75 Å². The zero-order valence-corrected chi connectivity index (χ0v) is 7.33. The maximum atomic E-state index is 12.4. The van der Waals surface area contributed by atoms with Gasteiger partial charge in [-0.25, -0.2) is 13.8 Å². The first kappa shape index (κ1) is 10.4. The van der Waals surface area contributed by atoms with Crippen molar-refractivity contribution in [3.8, 4) is 5.75 Å². The topological polar surface area (TPSA) is 65.2 Å². The lowest BCUT2D eigenvalue weighted by Gasteiger charge is -2.09. The van der Waals surface area contributed by atoms with Gasteiger partial charge in [-0.1, -0.05) is 0 Å². The molecule has 0 unspecified atom stereocenters. The van der Waals surface area contributed by atoms with Crippen molar-refractivity contribution in [3.05, 3.63) is 17.3 Å². The van der Waals surface area contributed by atoms with Crippen LogP contribution in [0.1, 0.15) is 22.5 Å². The quantitative estimate of drug-likeness (QED) is 0.753. The second kappa shape index (κ2) is 3.99. The van der Waals surface area contributed by atoms with Crippen molar-refractivity contribution >= 4 is 12.1 Å². The van der Waals surface area contributed by atoms with Gasteiger partial charge in [0.2, 0.25) is 0 Å². The first-order valence-electron chi connectivity index (χ1n) is 3.68. The molecule has 0 radical (unpaired) electrons. The molecule has 0 aromatic carbocycles. The number of carbonyl (C=O) groups is 1. The Labute approximate surface area is 78.7 Å². The van der Waals surface area contributed by atoms with E-state index >= 15 is 0 Å². The summed E-state index contributed by atoms with van der Waals surface area (Å²) in [5.74, 6) is -0.518. The van der Waals surface area contributed by atoms with E-state index in [1.165, 1.54) is 7.11 Å². The van der Waals surface area contributed by atoms with Crippen molar-refractivity contribution in [1.29, 1.82) is 0 Å². The molecule has 0 fully saturated rings. The van der Waals surface area contributed by atoms with Crippen molar-refractivity contribution < 1.29 is 18.3 Å². The molecule has 1 aromatic rings. The minimum absolute atomic E-state index is 0.0382. The number of methoxy groups -OCH3 is 1. The van der Waals surface area contributed by atoms with Crippen LogP contribution in [0.4, 0.5) is 14.6 Å². The number of anilines is 1. The molecule has 0 amide bonds. The summed E-state index contributed by atoms with van der Waals surface area (Å²) in [6.45, 7) is 0. The fourth-order valence-corrected chi connectivity index (χ4v) is 1.02. The molecule has 0 bridgehead atoms. The number of pyridine rings is 1. The lowest BCUT2D eigenvalue weighted by Crippen LogP contribution is -2.04. The molecule has 6 heteroatoms. The number of nitrogens with zero attached hydrogens (tertiary/aromatic N) is 1. The van der Waals surface area contributed by atoms with Crippen LogP contribution < -0.4 is 10.5 Å². The highest BCUT2D eigenvalue weighted by Gasteiger charge is 2.19. The predicted octanol–water partition coefficient (Wildman–Crippen LogP) is 1.42. The van der Waals surface area contributed by atoms with E-state index in [4.69, 9.17) is 5.73 Å². The van der Waals surface area contributed by atoms with Crippen molar-refractivity contribution in [3.63, 3.8) is 0 Å². The van der Waals surface area contributed by atoms with Crippen molar-refractivity contribution in [2.24, 2.45) is 0 Å². The average Bonchev–Trinajstić information content (AvgIpc) is 2.15. The van der Waals surface area contributed by atoms with E-state index in [1.54, 1.807) is 0 Å². The summed E-state index contributed by atoms with van der Waals surface area (Å²) in [4.78, 5) is 13.8. The van der Waals surface area contributed by atoms with E-state index in [0.717, 1.165) is 6.07 Å². The molecule has 1 heterocycles. The maximum Gasteiger partial charge on any atom is 0.270 e. The molecule has 76 valence electrons. The fourth-order valence-electron chi connectivity index (χ4n) is 1.02. The molecular formula is C8H8F2N2O2. The van der Waals surface area contributed by atoms with E-state index in [-0.39, 0.29) is 17.3 Å². The van der Waals surface area contributed by atoms with Gasteiger partial charge in [-0.3, -0.25) is 4.79 Å². The number of hydrogen-bond donors (Lipinski definition) is 1. The third-order valence-electron chi connectivity index (χ3n) is 1.63. The molecule has 1 aromatic heterocycles. The molecule has 0 saturated carbocycles. The SMILES string of the molecule is COc1cc(C=O)nc(N)c1C(F)F. The lowest BCUT2D eigenvalue weighted by atomic mass is 10.2. The normalized spacial score (nSPS) is 10.3. The van der Waals surface area contributed by atoms with E-state index in [0.29, 0.717) is 6.29 Å². The monoisotopic (exact) mass is 202 g/mol. The second-order valence-electron chi connectivity index (χ2n) is 2.47. The molecule has 0 aliphatic heterocycles. The Morgan fingerprint density at radius 2 is 2.29 bits per heavy atom. The van der Waals surface area contributed by atoms with Crippen LogP contribution >= 0.6 is 0 Å². The van der Waals surface area contributed by atoms with Gasteiger partial charge in [-0.05, 0) is 0 Å². The van der Waals surface area contributed by atoms with Gasteiger partial charge < -0.3 is 10.5 Å². The molecule has 14 heavy (non-hydrogen) atoms. The summed E-state index contributed by atoms with van der Waals surface area (Å²) in [6.07, 6.45) is -2.37. The molecule has 2 N–H and O–H groups in total. The Balaban J connectivity index is 3.34. The Hall–Kier alpha value is -1.72. The third-order valence-corrected chi connectivity index (χ3v) is 1.63. The number of aromatic nitrogens is 1. The van der Waals surface area contributed by atoms with E-state index in [1.807, 2.05) is 0 Å². The molecule has 0 aliphatic rings. The summed E-state index contributed by atoms with van der Waals surface area (Å²) in [6, 6.07) is 1.12. The van der Waals surface area contributed by atoms with Crippen molar-refractivity contribution in [2.45, 2.75) is 6.43 Å². The van der Waals surface area contributed by atoms with Crippen LogP contribution in [0.3, 0.4) is 0 Å². The zero-order valence-electron chi connectivity index (χ0n) is 7.33. The first-order chi connectivity index (χ1) is 6.60. The number of ether oxygens (including phenoxy) is 1. The summed E-state index contributed by atoms with van der Waals surface area (Å²) in [5.41, 5.74) is 4.72. The van der Waals surface area contributed by atoms with Crippen LogP contribution in [0.25, 0.3) is 0 Å². The molecule has 1 rings (SSSR count). The second-order valence-corrected chi connectivity index (χ2v) is 2.47. The molecule has 0 atom stereocenters. The van der Waals surface area contributed by atoms with Crippen LogP contribution in [0.15, 0.2) is 6.07 Å². The molecule has 4 nitrogen and oxygen atoms in total. The van der Waals surface area contributed by atoms with Gasteiger partial charge in [0, 0.05) is 6.07 Å². The number of halogens is 2. The Morgan fingerprint density at radius 3 is 2.71 bits per heavy atom. The third kappa shape index (κ3) is 1.78. The summed E-state index contributed by atoms with van der Waals surface area (Å²) in [7, 11) is 1.22. The zero-order chi connectivity index (χ0) is 10.7. The van der Waals surface area contributed by atoms with Crippen LogP contribution in [-0.4, -0.2) is 18.4 Å². The number of aldehydes is 1. The predicted molar refractivity (Wildman–Crippen MR) is 45.5 cm³/mol. The van der Waals surface area contributed by atoms with Gasteiger partial charge in [0.25, 0.3) is 6.43 Å². The van der Waals surface area contributed by atoms with Crippen molar-refractivity contribution in [2.75, 3.05) is 12.8 Å². The summed E-state index contributed by atoms with van der Waals surface area (Å²) < 4.78 is 29.5. The van der Waals surface area contributed by atoms with Crippen molar-refractivity contribution in [1.82, 2.24) is 4.98 Å². The Kier molecular flexibility index (Phi) is 2.95. The minimum atomic E-state index is -2.78. The largest absolute Gasteiger partial charge is 0.496 e. The number of hydrogen-bond acceptors (Lipinski definition) is 4. The molecule has 0 aliphatic carbocycles. The van der Waals surface area contributed by atoms with Gasteiger partial charge in [-0.15, -0.1) is 0 Å². The highest BCUT2D eigenvalue weighted by atomic mass is 19.3. The highest BCUT2D eigenvalue weighted by molar-refractivity contribution is 5.74. The average molecular weight is 202 g/mol. The fraction of sp³-hybridized carbons (Fsp3) is 0.250. The van der Waals surface area contributed by atoms with Crippen LogP contribution in [0, 0.1) is 0 Å². The Bertz CT molecular complexity index is 355.